The average molecular weight is 359 g/mol. The zero-order chi connectivity index (χ0) is 18.7. The van der Waals surface area contributed by atoms with Crippen LogP contribution >= 0.6 is 0 Å². The molecule has 2 aromatic carbocycles. The molecule has 1 heterocycles. The Morgan fingerprint density at radius 2 is 1.81 bits per heavy atom. The maximum Gasteiger partial charge on any atom is 0.416 e. The van der Waals surface area contributed by atoms with E-state index in [-0.39, 0.29) is 17.7 Å². The van der Waals surface area contributed by atoms with Crippen molar-refractivity contribution in [3.8, 4) is 11.3 Å². The topological polar surface area (TPSA) is 57.8 Å². The summed E-state index contributed by atoms with van der Waals surface area (Å²) in [6.07, 6.45) is -3.11. The molecule has 0 saturated carbocycles. The lowest BCUT2D eigenvalue weighted by Crippen LogP contribution is -2.24. The van der Waals surface area contributed by atoms with Crippen molar-refractivity contribution in [1.82, 2.24) is 15.5 Å². The number of hydrogen-bond acceptors (Lipinski definition) is 2. The van der Waals surface area contributed by atoms with Crippen LogP contribution in [0.1, 0.15) is 27.0 Å². The van der Waals surface area contributed by atoms with Crippen LogP contribution in [0.15, 0.2) is 54.7 Å². The van der Waals surface area contributed by atoms with Crippen LogP contribution in [0.25, 0.3) is 11.3 Å². The third-order valence-electron chi connectivity index (χ3n) is 3.99. The Kier molecular flexibility index (Phi) is 4.79. The van der Waals surface area contributed by atoms with Gasteiger partial charge in [-0.2, -0.15) is 18.3 Å². The van der Waals surface area contributed by atoms with E-state index < -0.39 is 17.6 Å². The van der Waals surface area contributed by atoms with E-state index in [0.717, 1.165) is 17.2 Å². The van der Waals surface area contributed by atoms with Crippen molar-refractivity contribution in [1.29, 1.82) is 0 Å². The number of benzene rings is 2. The van der Waals surface area contributed by atoms with E-state index in [1.54, 1.807) is 0 Å². The fraction of sp³-hybridized carbons (Fsp3) is 0.158. The van der Waals surface area contributed by atoms with Crippen molar-refractivity contribution < 1.29 is 18.0 Å². The lowest BCUT2D eigenvalue weighted by atomic mass is 10.1. The molecule has 0 aliphatic heterocycles. The van der Waals surface area contributed by atoms with Crippen LogP contribution in [0.5, 0.6) is 0 Å². The molecular formula is C19H16F3N3O. The fourth-order valence-corrected chi connectivity index (χ4v) is 2.62. The molecule has 3 rings (SSSR count). The number of H-pyrrole nitrogens is 1. The molecule has 0 fully saturated rings. The first-order valence-corrected chi connectivity index (χ1v) is 7.90. The normalized spacial score (nSPS) is 11.4. The van der Waals surface area contributed by atoms with Crippen molar-refractivity contribution >= 4 is 5.91 Å². The predicted octanol–water partition coefficient (Wildman–Crippen LogP) is 4.33. The Bertz CT molecular complexity index is 914. The van der Waals surface area contributed by atoms with Gasteiger partial charge >= 0.3 is 6.18 Å². The first-order chi connectivity index (χ1) is 12.4. The first kappa shape index (κ1) is 17.7. The second-order valence-electron chi connectivity index (χ2n) is 5.86. The molecule has 1 aromatic heterocycles. The standard InChI is InChI=1S/C19H16F3N3O/c1-12-6-8-13(9-7-12)17-15(11-24-25-17)18(26)23-10-14-4-2-3-5-16(14)19(20,21)22/h2-9,11H,10H2,1H3,(H,23,26)(H,24,25). The lowest BCUT2D eigenvalue weighted by molar-refractivity contribution is -0.138. The van der Waals surface area contributed by atoms with Gasteiger partial charge in [-0.15, -0.1) is 0 Å². The third-order valence-corrected chi connectivity index (χ3v) is 3.99. The summed E-state index contributed by atoms with van der Waals surface area (Å²) < 4.78 is 39.1. The molecule has 0 spiro atoms. The Morgan fingerprint density at radius 1 is 1.12 bits per heavy atom. The Balaban J connectivity index is 1.79. The smallest absolute Gasteiger partial charge is 0.348 e. The maximum absolute atomic E-state index is 13.0. The van der Waals surface area contributed by atoms with Gasteiger partial charge in [0.05, 0.1) is 23.0 Å². The second-order valence-corrected chi connectivity index (χ2v) is 5.86. The third kappa shape index (κ3) is 3.77. The highest BCUT2D eigenvalue weighted by molar-refractivity contribution is 5.99. The monoisotopic (exact) mass is 359 g/mol. The van der Waals surface area contributed by atoms with Crippen molar-refractivity contribution in [2.75, 3.05) is 0 Å². The van der Waals surface area contributed by atoms with Gasteiger partial charge in [0.25, 0.3) is 5.91 Å². The molecule has 0 bridgehead atoms. The number of nitrogens with zero attached hydrogens (tertiary/aromatic N) is 1. The van der Waals surface area contributed by atoms with Gasteiger partial charge in [0.2, 0.25) is 0 Å². The summed E-state index contributed by atoms with van der Waals surface area (Å²) in [5.41, 5.74) is 1.89. The number of alkyl halides is 3. The van der Waals surface area contributed by atoms with Crippen LogP contribution in [0, 0.1) is 6.92 Å². The summed E-state index contributed by atoms with van der Waals surface area (Å²) >= 11 is 0. The summed E-state index contributed by atoms with van der Waals surface area (Å²) in [5, 5.41) is 9.19. The van der Waals surface area contributed by atoms with Crippen LogP contribution in [-0.2, 0) is 12.7 Å². The number of aromatic amines is 1. The first-order valence-electron chi connectivity index (χ1n) is 7.90. The number of hydrogen-bond donors (Lipinski definition) is 2. The van der Waals surface area contributed by atoms with Crippen molar-refractivity contribution in [2.24, 2.45) is 0 Å². The summed E-state index contributed by atoms with van der Waals surface area (Å²) in [5.74, 6) is -0.494. The van der Waals surface area contributed by atoms with Crippen molar-refractivity contribution in [3.05, 3.63) is 77.0 Å². The molecule has 0 radical (unpaired) electrons. The van der Waals surface area contributed by atoms with Crippen molar-refractivity contribution in [2.45, 2.75) is 19.6 Å². The number of aryl methyl sites for hydroxylation is 1. The molecule has 3 aromatic rings. The number of carbonyl (C=O) groups excluding carboxylic acids is 1. The van der Waals surface area contributed by atoms with Crippen LogP contribution in [0.3, 0.4) is 0 Å². The van der Waals surface area contributed by atoms with E-state index in [0.29, 0.717) is 5.69 Å². The van der Waals surface area contributed by atoms with E-state index in [9.17, 15) is 18.0 Å². The van der Waals surface area contributed by atoms with E-state index in [4.69, 9.17) is 0 Å². The average Bonchev–Trinajstić information content (AvgIpc) is 3.09. The Morgan fingerprint density at radius 3 is 2.50 bits per heavy atom. The highest BCUT2D eigenvalue weighted by Gasteiger charge is 2.32. The Hall–Kier alpha value is -3.09. The molecular weight excluding hydrogens is 343 g/mol. The molecule has 2 N–H and O–H groups in total. The number of halogens is 3. The molecule has 4 nitrogen and oxygen atoms in total. The molecule has 134 valence electrons. The SMILES string of the molecule is Cc1ccc(-c2[nH]ncc2C(=O)NCc2ccccc2C(F)(F)F)cc1. The second kappa shape index (κ2) is 7.03. The van der Waals surface area contributed by atoms with E-state index in [2.05, 4.69) is 15.5 Å². The number of amides is 1. The van der Waals surface area contributed by atoms with Crippen LogP contribution in [0.4, 0.5) is 13.2 Å². The molecule has 26 heavy (non-hydrogen) atoms. The van der Waals surface area contributed by atoms with Gasteiger partial charge < -0.3 is 5.32 Å². The van der Waals surface area contributed by atoms with E-state index >= 15 is 0 Å². The number of nitrogens with one attached hydrogen (secondary N) is 2. The van der Waals surface area contributed by atoms with Crippen LogP contribution < -0.4 is 5.32 Å². The molecule has 0 aliphatic rings. The quantitative estimate of drug-likeness (QED) is 0.728. The number of aromatic nitrogens is 2. The minimum atomic E-state index is -4.47. The lowest BCUT2D eigenvalue weighted by Gasteiger charge is -2.13. The number of rotatable bonds is 4. The van der Waals surface area contributed by atoms with Gasteiger partial charge in [-0.3, -0.25) is 9.89 Å². The summed E-state index contributed by atoms with van der Waals surface area (Å²) in [4.78, 5) is 12.4. The molecule has 1 amide bonds. The van der Waals surface area contributed by atoms with E-state index in [1.807, 2.05) is 31.2 Å². The molecule has 0 saturated heterocycles. The number of carbonyl (C=O) groups is 1. The Labute approximate surface area is 148 Å². The molecule has 0 aliphatic carbocycles. The highest BCUT2D eigenvalue weighted by Crippen LogP contribution is 2.31. The van der Waals surface area contributed by atoms with Crippen molar-refractivity contribution in [3.63, 3.8) is 0 Å². The largest absolute Gasteiger partial charge is 0.416 e. The van der Waals surface area contributed by atoms with Gasteiger partial charge in [0, 0.05) is 12.1 Å². The zero-order valence-electron chi connectivity index (χ0n) is 13.9. The highest BCUT2D eigenvalue weighted by atomic mass is 19.4. The minimum Gasteiger partial charge on any atom is -0.348 e. The molecule has 7 heteroatoms. The van der Waals surface area contributed by atoms with Gasteiger partial charge in [0.15, 0.2) is 0 Å². The van der Waals surface area contributed by atoms with Crippen LogP contribution in [-0.4, -0.2) is 16.1 Å². The van der Waals surface area contributed by atoms with Gasteiger partial charge in [-0.1, -0.05) is 48.0 Å². The molecule has 0 atom stereocenters. The van der Waals surface area contributed by atoms with E-state index in [1.165, 1.54) is 24.4 Å². The molecule has 0 unspecified atom stereocenters. The fourth-order valence-electron chi connectivity index (χ4n) is 2.62. The predicted molar refractivity (Wildman–Crippen MR) is 91.4 cm³/mol. The summed E-state index contributed by atoms with van der Waals surface area (Å²) in [6, 6.07) is 12.7. The van der Waals surface area contributed by atoms with Crippen LogP contribution in [0.2, 0.25) is 0 Å². The summed E-state index contributed by atoms with van der Waals surface area (Å²) in [7, 11) is 0. The van der Waals surface area contributed by atoms with Gasteiger partial charge in [0.1, 0.15) is 0 Å². The minimum absolute atomic E-state index is 0.00808. The van der Waals surface area contributed by atoms with Gasteiger partial charge in [-0.25, -0.2) is 0 Å². The van der Waals surface area contributed by atoms with Gasteiger partial charge in [-0.05, 0) is 18.6 Å². The maximum atomic E-state index is 13.0. The zero-order valence-corrected chi connectivity index (χ0v) is 13.9. The summed E-state index contributed by atoms with van der Waals surface area (Å²) in [6.45, 7) is 1.72.